The molecule has 0 radical (unpaired) electrons. The van der Waals surface area contributed by atoms with Gasteiger partial charge in [0.05, 0.1) is 13.2 Å². The van der Waals surface area contributed by atoms with Crippen molar-refractivity contribution in [3.63, 3.8) is 0 Å². The maximum Gasteiger partial charge on any atom is 0.341 e. The van der Waals surface area contributed by atoms with Crippen LogP contribution in [0, 0.1) is 13.8 Å². The van der Waals surface area contributed by atoms with Gasteiger partial charge in [0.25, 0.3) is 5.91 Å². The molecule has 1 aliphatic heterocycles. The van der Waals surface area contributed by atoms with Crippen LogP contribution in [0.3, 0.4) is 0 Å². The standard InChI is InChI=1S/C23H27NO5/c1-4-17-5-7-18(8-6-17)20-13-24(9-10-28-20)23(27)19-11-15(2)22(16(3)12-19)29-14-21(25)26/h5-8,11-12,20H,4,9-10,13-14H2,1-3H3,(H,25,26). The van der Waals surface area contributed by atoms with E-state index in [2.05, 4.69) is 31.2 Å². The van der Waals surface area contributed by atoms with E-state index in [-0.39, 0.29) is 12.0 Å². The zero-order valence-corrected chi connectivity index (χ0v) is 17.1. The first kappa shape index (κ1) is 20.9. The monoisotopic (exact) mass is 397 g/mol. The molecule has 0 aromatic heterocycles. The lowest BCUT2D eigenvalue weighted by Crippen LogP contribution is -2.42. The van der Waals surface area contributed by atoms with Crippen molar-refractivity contribution in [2.75, 3.05) is 26.3 Å². The van der Waals surface area contributed by atoms with Gasteiger partial charge in [0, 0.05) is 12.1 Å². The summed E-state index contributed by atoms with van der Waals surface area (Å²) in [6, 6.07) is 11.9. The summed E-state index contributed by atoms with van der Waals surface area (Å²) < 4.78 is 11.3. The highest BCUT2D eigenvalue weighted by atomic mass is 16.5. The zero-order chi connectivity index (χ0) is 21.0. The van der Waals surface area contributed by atoms with Gasteiger partial charge in [-0.3, -0.25) is 4.79 Å². The third-order valence-corrected chi connectivity index (χ3v) is 5.16. The topological polar surface area (TPSA) is 76.1 Å². The summed E-state index contributed by atoms with van der Waals surface area (Å²) >= 11 is 0. The Morgan fingerprint density at radius 3 is 2.41 bits per heavy atom. The van der Waals surface area contributed by atoms with Crippen molar-refractivity contribution >= 4 is 11.9 Å². The van der Waals surface area contributed by atoms with Crippen LogP contribution in [0.4, 0.5) is 0 Å². The molecule has 0 aliphatic carbocycles. The number of carboxylic acid groups (broad SMARTS) is 1. The second-order valence-electron chi connectivity index (χ2n) is 7.33. The minimum atomic E-state index is -1.03. The number of ether oxygens (including phenoxy) is 2. The van der Waals surface area contributed by atoms with Crippen molar-refractivity contribution in [1.82, 2.24) is 4.90 Å². The van der Waals surface area contributed by atoms with Gasteiger partial charge in [-0.1, -0.05) is 31.2 Å². The Morgan fingerprint density at radius 1 is 1.17 bits per heavy atom. The van der Waals surface area contributed by atoms with Crippen LogP contribution in [0.25, 0.3) is 0 Å². The van der Waals surface area contributed by atoms with Gasteiger partial charge in [0.15, 0.2) is 6.61 Å². The molecule has 1 fully saturated rings. The van der Waals surface area contributed by atoms with Crippen molar-refractivity contribution in [3.05, 3.63) is 64.2 Å². The number of morpholine rings is 1. The van der Waals surface area contributed by atoms with Crippen molar-refractivity contribution < 1.29 is 24.2 Å². The number of nitrogens with zero attached hydrogens (tertiary/aromatic N) is 1. The molecule has 3 rings (SSSR count). The van der Waals surface area contributed by atoms with E-state index < -0.39 is 12.6 Å². The quantitative estimate of drug-likeness (QED) is 0.807. The minimum absolute atomic E-state index is 0.0561. The number of aliphatic carboxylic acids is 1. The summed E-state index contributed by atoms with van der Waals surface area (Å²) in [5, 5.41) is 8.82. The van der Waals surface area contributed by atoms with Gasteiger partial charge >= 0.3 is 5.97 Å². The first-order valence-electron chi connectivity index (χ1n) is 9.84. The van der Waals surface area contributed by atoms with Gasteiger partial charge in [-0.2, -0.15) is 0 Å². The molecule has 1 saturated heterocycles. The first-order chi connectivity index (χ1) is 13.9. The predicted octanol–water partition coefficient (Wildman–Crippen LogP) is 3.54. The fourth-order valence-corrected chi connectivity index (χ4v) is 3.62. The van der Waals surface area contributed by atoms with Gasteiger partial charge in [-0.05, 0) is 54.7 Å². The molecular formula is C23H27NO5. The van der Waals surface area contributed by atoms with Gasteiger partial charge in [0.1, 0.15) is 11.9 Å². The fourth-order valence-electron chi connectivity index (χ4n) is 3.62. The highest BCUT2D eigenvalue weighted by molar-refractivity contribution is 5.95. The Bertz CT molecular complexity index is 868. The molecular weight excluding hydrogens is 370 g/mol. The summed E-state index contributed by atoms with van der Waals surface area (Å²) in [7, 11) is 0. The molecule has 1 unspecified atom stereocenters. The van der Waals surface area contributed by atoms with Gasteiger partial charge in [-0.15, -0.1) is 0 Å². The summed E-state index contributed by atoms with van der Waals surface area (Å²) in [4.78, 5) is 25.7. The SMILES string of the molecule is CCc1ccc(C2CN(C(=O)c3cc(C)c(OCC(=O)O)c(C)c3)CCO2)cc1. The molecule has 2 aromatic rings. The summed E-state index contributed by atoms with van der Waals surface area (Å²) in [5.41, 5.74) is 4.41. The third-order valence-electron chi connectivity index (χ3n) is 5.16. The van der Waals surface area contributed by atoms with E-state index in [1.165, 1.54) is 5.56 Å². The molecule has 6 heteroatoms. The molecule has 1 amide bonds. The molecule has 0 bridgehead atoms. The van der Waals surface area contributed by atoms with Crippen LogP contribution >= 0.6 is 0 Å². The largest absolute Gasteiger partial charge is 0.481 e. The lowest BCUT2D eigenvalue weighted by Gasteiger charge is -2.33. The lowest BCUT2D eigenvalue weighted by atomic mass is 10.0. The molecule has 29 heavy (non-hydrogen) atoms. The van der Waals surface area contributed by atoms with E-state index in [1.807, 2.05) is 18.7 Å². The molecule has 0 spiro atoms. The zero-order valence-electron chi connectivity index (χ0n) is 17.1. The van der Waals surface area contributed by atoms with Crippen LogP contribution in [-0.4, -0.2) is 48.2 Å². The smallest absolute Gasteiger partial charge is 0.341 e. The summed E-state index contributed by atoms with van der Waals surface area (Å²) in [6.45, 7) is 6.88. The summed E-state index contributed by atoms with van der Waals surface area (Å²) in [6.07, 6.45) is 0.848. The number of carboxylic acids is 1. The van der Waals surface area contributed by atoms with Crippen molar-refractivity contribution in [3.8, 4) is 5.75 Å². The van der Waals surface area contributed by atoms with Crippen molar-refractivity contribution in [1.29, 1.82) is 0 Å². The van der Waals surface area contributed by atoms with E-state index >= 15 is 0 Å². The van der Waals surface area contributed by atoms with Crippen LogP contribution in [-0.2, 0) is 16.0 Å². The van der Waals surface area contributed by atoms with Crippen molar-refractivity contribution in [2.24, 2.45) is 0 Å². The third kappa shape index (κ3) is 4.95. The molecule has 0 saturated carbocycles. The Hall–Kier alpha value is -2.86. The normalized spacial score (nSPS) is 16.5. The highest BCUT2D eigenvalue weighted by Gasteiger charge is 2.27. The number of amides is 1. The number of hydrogen-bond acceptors (Lipinski definition) is 4. The molecule has 1 aliphatic rings. The Labute approximate surface area is 171 Å². The van der Waals surface area contributed by atoms with E-state index in [9.17, 15) is 9.59 Å². The first-order valence-corrected chi connectivity index (χ1v) is 9.84. The average Bonchev–Trinajstić information content (AvgIpc) is 2.72. The fraction of sp³-hybridized carbons (Fsp3) is 0.391. The molecule has 6 nitrogen and oxygen atoms in total. The van der Waals surface area contributed by atoms with Crippen molar-refractivity contribution in [2.45, 2.75) is 33.3 Å². The van der Waals surface area contributed by atoms with E-state index in [0.29, 0.717) is 31.0 Å². The van der Waals surface area contributed by atoms with Crippen LogP contribution in [0.2, 0.25) is 0 Å². The van der Waals surface area contributed by atoms with Crippen LogP contribution in [0.1, 0.15) is 45.6 Å². The molecule has 1 heterocycles. The van der Waals surface area contributed by atoms with Crippen LogP contribution < -0.4 is 4.74 Å². The number of benzene rings is 2. The Balaban J connectivity index is 1.74. The second kappa shape index (κ2) is 9.09. The molecule has 1 atom stereocenters. The summed E-state index contributed by atoms with van der Waals surface area (Å²) in [5.74, 6) is -0.574. The van der Waals surface area contributed by atoms with E-state index in [0.717, 1.165) is 23.1 Å². The van der Waals surface area contributed by atoms with E-state index in [1.54, 1.807) is 12.1 Å². The number of aryl methyl sites for hydroxylation is 3. The number of carbonyl (C=O) groups excluding carboxylic acids is 1. The minimum Gasteiger partial charge on any atom is -0.481 e. The second-order valence-corrected chi connectivity index (χ2v) is 7.33. The lowest BCUT2D eigenvalue weighted by molar-refractivity contribution is -0.139. The molecule has 154 valence electrons. The number of carbonyl (C=O) groups is 2. The number of rotatable bonds is 6. The van der Waals surface area contributed by atoms with Gasteiger partial charge in [-0.25, -0.2) is 4.79 Å². The van der Waals surface area contributed by atoms with E-state index in [4.69, 9.17) is 14.6 Å². The van der Waals surface area contributed by atoms with Crippen LogP contribution in [0.15, 0.2) is 36.4 Å². The maximum absolute atomic E-state index is 13.1. The predicted molar refractivity (Wildman–Crippen MR) is 109 cm³/mol. The Morgan fingerprint density at radius 2 is 1.83 bits per heavy atom. The molecule has 2 aromatic carbocycles. The average molecular weight is 397 g/mol. The van der Waals surface area contributed by atoms with Crippen LogP contribution in [0.5, 0.6) is 5.75 Å². The maximum atomic E-state index is 13.1. The molecule has 1 N–H and O–H groups in total. The number of hydrogen-bond donors (Lipinski definition) is 1. The Kier molecular flexibility index (Phi) is 6.54. The highest BCUT2D eigenvalue weighted by Crippen LogP contribution is 2.28. The van der Waals surface area contributed by atoms with Gasteiger partial charge in [0.2, 0.25) is 0 Å². The van der Waals surface area contributed by atoms with Gasteiger partial charge < -0.3 is 19.5 Å².